The van der Waals surface area contributed by atoms with E-state index in [9.17, 15) is 9.90 Å². The van der Waals surface area contributed by atoms with E-state index in [0.29, 0.717) is 10.6 Å². The summed E-state index contributed by atoms with van der Waals surface area (Å²) < 4.78 is 1.13. The number of thiophene rings is 1. The average molecular weight is 344 g/mol. The van der Waals surface area contributed by atoms with Gasteiger partial charge < -0.3 is 10.4 Å². The van der Waals surface area contributed by atoms with Crippen LogP contribution in [0.3, 0.4) is 0 Å². The molecule has 0 bridgehead atoms. The quantitative estimate of drug-likeness (QED) is 0.696. The molecule has 0 saturated carbocycles. The third-order valence-corrected chi connectivity index (χ3v) is 5.23. The van der Waals surface area contributed by atoms with Crippen LogP contribution in [0.15, 0.2) is 53.0 Å². The lowest BCUT2D eigenvalue weighted by Gasteiger charge is -2.12. The summed E-state index contributed by atoms with van der Waals surface area (Å²) in [5, 5.41) is 16.8. The number of carbonyl (C=O) groups excluding carboxylic acids is 1. The van der Waals surface area contributed by atoms with Gasteiger partial charge in [0.05, 0.1) is 11.7 Å². The number of fused-ring (bicyclic) bond motifs is 1. The first-order chi connectivity index (χ1) is 11.2. The van der Waals surface area contributed by atoms with Crippen molar-refractivity contribution in [2.24, 2.45) is 0 Å². The Balaban J connectivity index is 1.71. The number of aromatic nitrogens is 1. The highest BCUT2D eigenvalue weighted by molar-refractivity contribution is 7.98. The number of nitrogens with one attached hydrogen (secondary N) is 1. The highest BCUT2D eigenvalue weighted by atomic mass is 32.2. The fourth-order valence-electron chi connectivity index (χ4n) is 2.38. The SMILES string of the molecule is CSc1ncccc1C(=O)NCC(O)c1csc2ccccc12. The average Bonchev–Trinajstić information content (AvgIpc) is 3.03. The van der Waals surface area contributed by atoms with Gasteiger partial charge in [-0.1, -0.05) is 18.2 Å². The number of hydrogen-bond acceptors (Lipinski definition) is 5. The maximum Gasteiger partial charge on any atom is 0.254 e. The van der Waals surface area contributed by atoms with Crippen LogP contribution in [0.2, 0.25) is 0 Å². The molecule has 6 heteroatoms. The van der Waals surface area contributed by atoms with Crippen LogP contribution in [0, 0.1) is 0 Å². The highest BCUT2D eigenvalue weighted by Crippen LogP contribution is 2.30. The molecule has 23 heavy (non-hydrogen) atoms. The number of nitrogens with zero attached hydrogens (tertiary/aromatic N) is 1. The summed E-state index contributed by atoms with van der Waals surface area (Å²) in [6.07, 6.45) is 2.81. The number of aliphatic hydroxyl groups excluding tert-OH is 1. The first-order valence-corrected chi connectivity index (χ1v) is 9.22. The summed E-state index contributed by atoms with van der Waals surface area (Å²) in [7, 11) is 0. The van der Waals surface area contributed by atoms with Crippen molar-refractivity contribution in [2.45, 2.75) is 11.1 Å². The number of carbonyl (C=O) groups is 1. The fraction of sp³-hybridized carbons (Fsp3) is 0.176. The van der Waals surface area contributed by atoms with E-state index in [1.54, 1.807) is 29.7 Å². The Kier molecular flexibility index (Phi) is 4.95. The van der Waals surface area contributed by atoms with Crippen molar-refractivity contribution in [1.29, 1.82) is 0 Å². The van der Waals surface area contributed by atoms with Crippen LogP contribution in [0.25, 0.3) is 10.1 Å². The largest absolute Gasteiger partial charge is 0.387 e. The van der Waals surface area contributed by atoms with Crippen LogP contribution < -0.4 is 5.32 Å². The number of benzene rings is 1. The van der Waals surface area contributed by atoms with Crippen molar-refractivity contribution in [2.75, 3.05) is 12.8 Å². The second-order valence-electron chi connectivity index (χ2n) is 4.97. The molecular formula is C17H16N2O2S2. The lowest BCUT2D eigenvalue weighted by atomic mass is 10.1. The molecule has 1 atom stereocenters. The van der Waals surface area contributed by atoms with E-state index in [-0.39, 0.29) is 12.5 Å². The number of aliphatic hydroxyl groups is 1. The summed E-state index contributed by atoms with van der Waals surface area (Å²) in [6.45, 7) is 0.169. The minimum atomic E-state index is -0.732. The smallest absolute Gasteiger partial charge is 0.254 e. The van der Waals surface area contributed by atoms with Crippen LogP contribution in [0.5, 0.6) is 0 Å². The Morgan fingerprint density at radius 2 is 2.17 bits per heavy atom. The zero-order valence-electron chi connectivity index (χ0n) is 12.5. The molecule has 0 spiro atoms. The van der Waals surface area contributed by atoms with Crippen LogP contribution >= 0.6 is 23.1 Å². The minimum absolute atomic E-state index is 0.169. The molecule has 1 aromatic carbocycles. The summed E-state index contributed by atoms with van der Waals surface area (Å²) >= 11 is 3.02. The molecule has 0 fully saturated rings. The van der Waals surface area contributed by atoms with Crippen LogP contribution in [0.1, 0.15) is 22.0 Å². The molecule has 2 aromatic heterocycles. The lowest BCUT2D eigenvalue weighted by Crippen LogP contribution is -2.28. The van der Waals surface area contributed by atoms with Gasteiger partial charge in [0, 0.05) is 23.0 Å². The Bertz CT molecular complexity index is 832. The van der Waals surface area contributed by atoms with E-state index in [1.165, 1.54) is 11.8 Å². The van der Waals surface area contributed by atoms with Gasteiger partial charge in [0.15, 0.2) is 0 Å². The van der Waals surface area contributed by atoms with Crippen LogP contribution in [0.4, 0.5) is 0 Å². The van der Waals surface area contributed by atoms with E-state index in [1.807, 2.05) is 35.9 Å². The van der Waals surface area contributed by atoms with Gasteiger partial charge in [-0.25, -0.2) is 4.98 Å². The van der Waals surface area contributed by atoms with E-state index in [4.69, 9.17) is 0 Å². The monoisotopic (exact) mass is 344 g/mol. The van der Waals surface area contributed by atoms with Gasteiger partial charge in [-0.3, -0.25) is 4.79 Å². The maximum absolute atomic E-state index is 12.3. The third-order valence-electron chi connectivity index (χ3n) is 3.54. The predicted molar refractivity (Wildman–Crippen MR) is 95.1 cm³/mol. The Morgan fingerprint density at radius 1 is 1.35 bits per heavy atom. The Morgan fingerprint density at radius 3 is 3.00 bits per heavy atom. The van der Waals surface area contributed by atoms with E-state index in [2.05, 4.69) is 10.3 Å². The zero-order valence-corrected chi connectivity index (χ0v) is 14.2. The first-order valence-electron chi connectivity index (χ1n) is 7.12. The number of rotatable bonds is 5. The van der Waals surface area contributed by atoms with Crippen molar-refractivity contribution in [3.63, 3.8) is 0 Å². The molecule has 4 nitrogen and oxygen atoms in total. The minimum Gasteiger partial charge on any atom is -0.387 e. The number of hydrogen-bond donors (Lipinski definition) is 2. The molecule has 0 aliphatic rings. The van der Waals surface area contributed by atoms with Crippen molar-refractivity contribution < 1.29 is 9.90 Å². The summed E-state index contributed by atoms with van der Waals surface area (Å²) in [4.78, 5) is 16.5. The fourth-order valence-corrected chi connectivity index (χ4v) is 3.93. The molecule has 1 amide bonds. The second kappa shape index (κ2) is 7.12. The van der Waals surface area contributed by atoms with E-state index < -0.39 is 6.10 Å². The molecule has 0 saturated heterocycles. The molecule has 2 heterocycles. The van der Waals surface area contributed by atoms with E-state index >= 15 is 0 Å². The standard InChI is InChI=1S/C17H16N2O2S2/c1-22-17-12(6-4-8-18-17)16(21)19-9-14(20)13-10-23-15-7-3-2-5-11(13)15/h2-8,10,14,20H,9H2,1H3,(H,19,21). The first kappa shape index (κ1) is 16.0. The Labute approximate surface area is 142 Å². The second-order valence-corrected chi connectivity index (χ2v) is 6.68. The molecule has 0 radical (unpaired) electrons. The normalized spacial score (nSPS) is 12.3. The molecular weight excluding hydrogens is 328 g/mol. The van der Waals surface area contributed by atoms with Crippen molar-refractivity contribution >= 4 is 39.1 Å². The topological polar surface area (TPSA) is 62.2 Å². The van der Waals surface area contributed by atoms with Gasteiger partial charge >= 0.3 is 0 Å². The summed E-state index contributed by atoms with van der Waals surface area (Å²) in [5.74, 6) is -0.221. The van der Waals surface area contributed by atoms with Gasteiger partial charge in [0.1, 0.15) is 5.03 Å². The third kappa shape index (κ3) is 3.39. The number of amides is 1. The predicted octanol–water partition coefficient (Wildman–Crippen LogP) is 3.48. The number of thioether (sulfide) groups is 1. The van der Waals surface area contributed by atoms with Gasteiger partial charge in [-0.15, -0.1) is 23.1 Å². The van der Waals surface area contributed by atoms with Gasteiger partial charge in [-0.05, 0) is 35.2 Å². The molecule has 1 unspecified atom stereocenters. The molecule has 3 aromatic rings. The molecule has 0 aliphatic carbocycles. The Hall–Kier alpha value is -1.89. The number of pyridine rings is 1. The van der Waals surface area contributed by atoms with Gasteiger partial charge in [-0.2, -0.15) is 0 Å². The molecule has 2 N–H and O–H groups in total. The van der Waals surface area contributed by atoms with Gasteiger partial charge in [0.2, 0.25) is 0 Å². The lowest BCUT2D eigenvalue weighted by molar-refractivity contribution is 0.0913. The maximum atomic E-state index is 12.3. The molecule has 118 valence electrons. The van der Waals surface area contributed by atoms with Crippen molar-refractivity contribution in [1.82, 2.24) is 10.3 Å². The van der Waals surface area contributed by atoms with Crippen LogP contribution in [-0.2, 0) is 0 Å². The zero-order chi connectivity index (χ0) is 16.2. The molecule has 3 rings (SSSR count). The van der Waals surface area contributed by atoms with Crippen molar-refractivity contribution in [3.05, 3.63) is 59.1 Å². The van der Waals surface area contributed by atoms with Gasteiger partial charge in [0.25, 0.3) is 5.91 Å². The van der Waals surface area contributed by atoms with E-state index in [0.717, 1.165) is 15.6 Å². The summed E-state index contributed by atoms with van der Waals surface area (Å²) in [5.41, 5.74) is 1.38. The summed E-state index contributed by atoms with van der Waals surface area (Å²) in [6, 6.07) is 11.4. The van der Waals surface area contributed by atoms with Crippen molar-refractivity contribution in [3.8, 4) is 0 Å². The van der Waals surface area contributed by atoms with Crippen LogP contribution in [-0.4, -0.2) is 28.8 Å². The molecule has 0 aliphatic heterocycles. The highest BCUT2D eigenvalue weighted by Gasteiger charge is 2.16.